The van der Waals surface area contributed by atoms with E-state index >= 15 is 0 Å². The minimum Gasteiger partial charge on any atom is -0.309 e. The third-order valence-corrected chi connectivity index (χ3v) is 29.5. The van der Waals surface area contributed by atoms with Gasteiger partial charge in [0.2, 0.25) is 11.9 Å². The zero-order valence-electron chi connectivity index (χ0n) is 81.5. The zero-order valence-corrected chi connectivity index (χ0v) is 81.5. The van der Waals surface area contributed by atoms with E-state index in [1.165, 1.54) is 148 Å². The third kappa shape index (κ3) is 15.5. The first-order chi connectivity index (χ1) is 74.4. The molecule has 1 aliphatic rings. The third-order valence-electron chi connectivity index (χ3n) is 29.5. The first kappa shape index (κ1) is 87.6. The van der Waals surface area contributed by atoms with Gasteiger partial charge in [-0.3, -0.25) is 9.13 Å². The van der Waals surface area contributed by atoms with Crippen molar-refractivity contribution in [1.29, 1.82) is 0 Å². The molecule has 0 N–H and O–H groups in total. The van der Waals surface area contributed by atoms with Gasteiger partial charge in [-0.2, -0.15) is 0 Å². The molecule has 0 radical (unpaired) electrons. The van der Waals surface area contributed by atoms with Gasteiger partial charge in [0.25, 0.3) is 0 Å². The van der Waals surface area contributed by atoms with Crippen LogP contribution < -0.4 is 0 Å². The lowest BCUT2D eigenvalue weighted by molar-refractivity contribution is 0.847. The van der Waals surface area contributed by atoms with E-state index in [0.29, 0.717) is 23.4 Å². The van der Waals surface area contributed by atoms with E-state index in [1.54, 1.807) is 0 Å². The van der Waals surface area contributed by atoms with Gasteiger partial charge in [-0.05, 0) is 227 Å². The first-order valence-corrected chi connectivity index (χ1v) is 50.9. The molecule has 1 aliphatic carbocycles. The molecule has 0 aliphatic heterocycles. The summed E-state index contributed by atoms with van der Waals surface area (Å²) in [7, 11) is 0. The standard InChI is InChI=1S/C52H34N4.C45H29N5.C40H28N4/c1-3-12-35(13-4-1)36-22-24-37(25-23-36)38-14-11-15-41(32-38)47-30-31-53-52(54-47)56-49-21-10-8-19-44(49)46-34-40(27-29-51(46)56)39-26-28-50-45(33-39)43-18-7-9-20-48(43)55(50)42-16-5-2-6-17-42;1-3-13-30(14-4-1)43-46-44(31-15-5-2-6-16-31)48-45(47-43)32-23-25-33(26-24-32)49-41-22-12-9-19-37(41)38-29-34(27-28-42(38)49)50-39-20-10-7-17-35(39)36-18-8-11-21-40(36)50;1-3-11-27(12-4-1)35-23-24-41-40(42-35)44-37-18-10-8-16-32(37)34-26-29(20-22-39(34)44)28-19-21-38-33(25-28)31-15-7-9-17-36(31)43(38)30-13-5-2-6-14-30/h1-34H;1-29H;1-9,11-17,19-26H,10,18H2. The second-order valence-electron chi connectivity index (χ2n) is 38.2. The van der Waals surface area contributed by atoms with E-state index in [-0.39, 0.29) is 0 Å². The average molecular weight is 1920 g/mol. The second kappa shape index (κ2) is 37.2. The molecule has 0 unspecified atom stereocenters. The largest absolute Gasteiger partial charge is 0.309 e. The predicted molar refractivity (Wildman–Crippen MR) is 619 cm³/mol. The molecule has 0 saturated carbocycles. The molecule has 0 saturated heterocycles. The lowest BCUT2D eigenvalue weighted by Gasteiger charge is -2.12. The molecular formula is C137H91N13. The summed E-state index contributed by atoms with van der Waals surface area (Å²) in [4.78, 5) is 34.6. The quantitative estimate of drug-likeness (QED) is 0.100. The van der Waals surface area contributed by atoms with Gasteiger partial charge in [-0.1, -0.05) is 346 Å². The number of hydrogen-bond donors (Lipinski definition) is 0. The van der Waals surface area contributed by atoms with Crippen LogP contribution >= 0.6 is 0 Å². The molecule has 0 atom stereocenters. The SMILES string of the molecule is C1=Cc2c(n(-c3nccc(-c4ccccc4)n3)c3ccc(-c4ccc5c(c4)c4ccccc4n5-c4ccccc4)cc23)CC1.c1ccc(-c2ccc(-c3cccc(-c4ccnc(-n5c6ccccc6c6cc(-c7ccc8c(c7)c7ccccc7n8-c7ccccc7)ccc65)n4)c3)cc2)cc1.c1ccc(-c2nc(-c3ccccc3)nc(-c3ccc(-n4c5ccccc5c5cc(-n6c7ccccc7c7ccccc76)ccc54)cc3)n2)cc1. The van der Waals surface area contributed by atoms with E-state index in [4.69, 9.17) is 34.9 Å². The van der Waals surface area contributed by atoms with Gasteiger partial charge in [0.1, 0.15) is 0 Å². The van der Waals surface area contributed by atoms with E-state index in [1.807, 2.05) is 109 Å². The molecule has 20 aromatic carbocycles. The van der Waals surface area contributed by atoms with Crippen LogP contribution in [0.5, 0.6) is 0 Å². The Morgan fingerprint density at radius 1 is 0.167 bits per heavy atom. The van der Waals surface area contributed by atoms with Crippen LogP contribution in [0, 0.1) is 0 Å². The molecular weight excluding hydrogens is 1830 g/mol. The molecule has 150 heavy (non-hydrogen) atoms. The molecule has 13 heteroatoms. The summed E-state index contributed by atoms with van der Waals surface area (Å²) >= 11 is 0. The van der Waals surface area contributed by atoms with Crippen molar-refractivity contribution in [2.45, 2.75) is 12.8 Å². The number of allylic oxidation sites excluding steroid dienone is 1. The topological polar surface area (TPSA) is 120 Å². The highest BCUT2D eigenvalue weighted by Gasteiger charge is 2.26. The number of benzene rings is 20. The van der Waals surface area contributed by atoms with Crippen molar-refractivity contribution in [1.82, 2.24) is 62.3 Å². The molecule has 13 nitrogen and oxygen atoms in total. The van der Waals surface area contributed by atoms with Crippen molar-refractivity contribution >= 4 is 126 Å². The number of aromatic nitrogens is 13. The van der Waals surface area contributed by atoms with Crippen molar-refractivity contribution in [3.8, 4) is 136 Å². The van der Waals surface area contributed by atoms with Gasteiger partial charge in [0.05, 0.1) is 72.1 Å². The summed E-state index contributed by atoms with van der Waals surface area (Å²) < 4.78 is 13.9. The van der Waals surface area contributed by atoms with Gasteiger partial charge in [-0.25, -0.2) is 34.9 Å². The zero-order chi connectivity index (χ0) is 99.1. The summed E-state index contributed by atoms with van der Waals surface area (Å²) in [6, 6.07) is 178. The number of nitrogens with zero attached hydrogens (tertiary/aromatic N) is 13. The number of rotatable bonds is 15. The van der Waals surface area contributed by atoms with Crippen molar-refractivity contribution in [3.63, 3.8) is 0 Å². The number of fused-ring (bicyclic) bond motifs is 18. The van der Waals surface area contributed by atoms with E-state index in [2.05, 4.69) is 446 Å². The van der Waals surface area contributed by atoms with Crippen LogP contribution in [0.4, 0.5) is 0 Å². The Morgan fingerprint density at radius 3 is 0.887 bits per heavy atom. The summed E-state index contributed by atoms with van der Waals surface area (Å²) in [5.74, 6) is 3.31. The Morgan fingerprint density at radius 2 is 0.440 bits per heavy atom. The van der Waals surface area contributed by atoms with E-state index in [0.717, 1.165) is 108 Å². The fourth-order valence-corrected chi connectivity index (χ4v) is 22.5. The van der Waals surface area contributed by atoms with Gasteiger partial charge in [0.15, 0.2) is 17.5 Å². The normalized spacial score (nSPS) is 11.9. The molecule has 29 aromatic rings. The highest BCUT2D eigenvalue weighted by Crippen LogP contribution is 2.45. The van der Waals surface area contributed by atoms with E-state index in [9.17, 15) is 0 Å². The minimum atomic E-state index is 0.641. The fraction of sp³-hybridized carbons (Fsp3) is 0.0146. The Balaban J connectivity index is 0.000000109. The van der Waals surface area contributed by atoms with Crippen molar-refractivity contribution in [3.05, 3.63) is 533 Å². The molecule has 9 heterocycles. The average Bonchev–Trinajstić information content (AvgIpc) is 1.58. The van der Waals surface area contributed by atoms with Crippen LogP contribution in [0.1, 0.15) is 17.7 Å². The van der Waals surface area contributed by atoms with Crippen molar-refractivity contribution < 1.29 is 0 Å². The summed E-state index contributed by atoms with van der Waals surface area (Å²) in [5.41, 5.74) is 36.2. The van der Waals surface area contributed by atoms with Crippen LogP contribution in [0.25, 0.3) is 262 Å². The maximum absolute atomic E-state index is 5.19. The highest BCUT2D eigenvalue weighted by molar-refractivity contribution is 6.16. The first-order valence-electron chi connectivity index (χ1n) is 50.9. The molecule has 704 valence electrons. The van der Waals surface area contributed by atoms with Crippen molar-refractivity contribution in [2.75, 3.05) is 0 Å². The summed E-state index contributed by atoms with van der Waals surface area (Å²) in [5, 5.41) is 13.5. The van der Waals surface area contributed by atoms with Crippen LogP contribution in [-0.4, -0.2) is 62.3 Å². The summed E-state index contributed by atoms with van der Waals surface area (Å²) in [6.45, 7) is 0. The molecule has 9 aromatic heterocycles. The van der Waals surface area contributed by atoms with E-state index < -0.39 is 0 Å². The lowest BCUT2D eigenvalue weighted by Crippen LogP contribution is -2.07. The second-order valence-corrected chi connectivity index (χ2v) is 38.2. The molecule has 30 rings (SSSR count). The van der Waals surface area contributed by atoms with Crippen LogP contribution in [0.2, 0.25) is 0 Å². The molecule has 0 fully saturated rings. The van der Waals surface area contributed by atoms with Crippen molar-refractivity contribution in [2.24, 2.45) is 0 Å². The van der Waals surface area contributed by atoms with Gasteiger partial charge in [0, 0.05) is 133 Å². The maximum Gasteiger partial charge on any atom is 0.235 e. The Hall–Kier alpha value is -20.2. The molecule has 0 amide bonds. The highest BCUT2D eigenvalue weighted by atomic mass is 15.2. The maximum atomic E-state index is 5.19. The Bertz CT molecular complexity index is 10200. The molecule has 0 bridgehead atoms. The lowest BCUT2D eigenvalue weighted by atomic mass is 9.98. The Kier molecular flexibility index (Phi) is 21.7. The molecule has 0 spiro atoms. The van der Waals surface area contributed by atoms with Gasteiger partial charge >= 0.3 is 0 Å². The minimum absolute atomic E-state index is 0.641. The van der Waals surface area contributed by atoms with Gasteiger partial charge in [-0.15, -0.1) is 0 Å². The summed E-state index contributed by atoms with van der Waals surface area (Å²) in [6.07, 6.45) is 10.3. The Labute approximate surface area is 864 Å². The van der Waals surface area contributed by atoms with Crippen LogP contribution in [0.15, 0.2) is 522 Å². The number of hydrogen-bond acceptors (Lipinski definition) is 7. The monoisotopic (exact) mass is 1920 g/mol. The van der Waals surface area contributed by atoms with Crippen LogP contribution in [-0.2, 0) is 6.42 Å². The smallest absolute Gasteiger partial charge is 0.235 e. The van der Waals surface area contributed by atoms with Gasteiger partial charge < -0.3 is 18.3 Å². The van der Waals surface area contributed by atoms with Crippen LogP contribution in [0.3, 0.4) is 0 Å². The fourth-order valence-electron chi connectivity index (χ4n) is 22.5. The number of para-hydroxylation sites is 8. The predicted octanol–water partition coefficient (Wildman–Crippen LogP) is 34.2.